The molecule has 0 aromatic heterocycles. The molecule has 3 rings (SSSR count). The molecule has 1 amide bonds. The maximum Gasteiger partial charge on any atom is 0.295 e. The van der Waals surface area contributed by atoms with Crippen molar-refractivity contribution < 1.29 is 29.6 Å². The van der Waals surface area contributed by atoms with Crippen molar-refractivity contribution in [3.63, 3.8) is 0 Å². The number of carbonyl (C=O) groups excluding carboxylic acids is 2. The van der Waals surface area contributed by atoms with Crippen LogP contribution >= 0.6 is 11.6 Å². The van der Waals surface area contributed by atoms with Gasteiger partial charge in [-0.15, -0.1) is 0 Å². The van der Waals surface area contributed by atoms with E-state index in [1.54, 1.807) is 37.3 Å². The number of amides is 1. The molecule has 0 unspecified atom stereocenters. The van der Waals surface area contributed by atoms with Crippen molar-refractivity contribution in [1.82, 2.24) is 4.90 Å². The molecule has 0 aliphatic carbocycles. The molecular formula is C22H22ClNO6. The summed E-state index contributed by atoms with van der Waals surface area (Å²) in [5, 5.41) is 31.3. The second kappa shape index (κ2) is 8.77. The summed E-state index contributed by atoms with van der Waals surface area (Å²) in [5.74, 6) is -1.95. The number of ether oxygens (including phenoxy) is 1. The van der Waals surface area contributed by atoms with E-state index in [1.807, 2.05) is 0 Å². The van der Waals surface area contributed by atoms with Crippen molar-refractivity contribution in [1.29, 1.82) is 0 Å². The number of phenolic OH excluding ortho intramolecular Hbond substituents is 1. The number of halogens is 1. The first-order chi connectivity index (χ1) is 14.2. The number of ketones is 1. The van der Waals surface area contributed by atoms with Crippen LogP contribution in [0.5, 0.6) is 11.5 Å². The Morgan fingerprint density at radius 1 is 1.20 bits per heavy atom. The zero-order valence-corrected chi connectivity index (χ0v) is 17.3. The number of β-amino-alcohol motifs (C(OH)–C–C–N with tert-alkyl or cyclic N) is 1. The van der Waals surface area contributed by atoms with Gasteiger partial charge in [0.05, 0.1) is 24.3 Å². The summed E-state index contributed by atoms with van der Waals surface area (Å²) in [5.41, 5.74) is 0.658. The highest BCUT2D eigenvalue weighted by Crippen LogP contribution is 2.41. The Balaban J connectivity index is 2.20. The number of hydrogen-bond donors (Lipinski definition) is 3. The fourth-order valence-corrected chi connectivity index (χ4v) is 3.56. The molecule has 0 spiro atoms. The van der Waals surface area contributed by atoms with E-state index in [2.05, 4.69) is 0 Å². The second-order valence-corrected chi connectivity index (χ2v) is 7.40. The minimum absolute atomic E-state index is 0.0919. The van der Waals surface area contributed by atoms with Crippen LogP contribution in [0.3, 0.4) is 0 Å². The topological polar surface area (TPSA) is 107 Å². The van der Waals surface area contributed by atoms with Gasteiger partial charge in [-0.25, -0.2) is 0 Å². The lowest BCUT2D eigenvalue weighted by molar-refractivity contribution is -0.140. The number of aliphatic hydroxyl groups excluding tert-OH is 2. The average molecular weight is 432 g/mol. The molecule has 2 aromatic rings. The summed E-state index contributed by atoms with van der Waals surface area (Å²) in [6, 6.07) is 9.69. The van der Waals surface area contributed by atoms with Gasteiger partial charge in [-0.05, 0) is 55.8 Å². The fraction of sp³-hybridized carbons (Fsp3) is 0.273. The van der Waals surface area contributed by atoms with Crippen molar-refractivity contribution in [2.45, 2.75) is 26.0 Å². The third kappa shape index (κ3) is 4.13. The predicted octanol–water partition coefficient (Wildman–Crippen LogP) is 3.25. The third-order valence-corrected chi connectivity index (χ3v) is 4.97. The van der Waals surface area contributed by atoms with Crippen molar-refractivity contribution in [3.8, 4) is 11.5 Å². The molecule has 7 nitrogen and oxygen atoms in total. The molecule has 1 aliphatic rings. The van der Waals surface area contributed by atoms with Gasteiger partial charge in [0.1, 0.15) is 5.76 Å². The SMILES string of the molecule is CCOc1cc([C@@H]2C(=C(O)c3ccc(Cl)cc3)C(=O)C(=O)N2C[C@@H](C)O)ccc1O. The normalized spacial score (nSPS) is 19.2. The van der Waals surface area contributed by atoms with Crippen molar-refractivity contribution >= 4 is 29.1 Å². The maximum atomic E-state index is 12.8. The van der Waals surface area contributed by atoms with Crippen LogP contribution in [0.25, 0.3) is 5.76 Å². The maximum absolute atomic E-state index is 12.8. The highest BCUT2D eigenvalue weighted by atomic mass is 35.5. The van der Waals surface area contributed by atoms with Gasteiger partial charge < -0.3 is 25.0 Å². The van der Waals surface area contributed by atoms with Crippen LogP contribution in [-0.4, -0.2) is 51.2 Å². The first-order valence-electron chi connectivity index (χ1n) is 9.42. The molecule has 1 aliphatic heterocycles. The van der Waals surface area contributed by atoms with Gasteiger partial charge in [-0.3, -0.25) is 9.59 Å². The van der Waals surface area contributed by atoms with Crippen LogP contribution in [-0.2, 0) is 9.59 Å². The summed E-state index contributed by atoms with van der Waals surface area (Å²) >= 11 is 5.90. The van der Waals surface area contributed by atoms with E-state index in [4.69, 9.17) is 16.3 Å². The molecule has 158 valence electrons. The number of benzene rings is 2. The van der Waals surface area contributed by atoms with Gasteiger partial charge in [0.15, 0.2) is 11.5 Å². The Morgan fingerprint density at radius 2 is 1.87 bits per heavy atom. The van der Waals surface area contributed by atoms with E-state index in [0.29, 0.717) is 22.8 Å². The van der Waals surface area contributed by atoms with Crippen LogP contribution in [0, 0.1) is 0 Å². The number of Topliss-reactive ketones (excluding diaryl/α,β-unsaturated/α-hetero) is 1. The summed E-state index contributed by atoms with van der Waals surface area (Å²) in [6.07, 6.45) is -0.898. The number of hydrogen-bond acceptors (Lipinski definition) is 6. The van der Waals surface area contributed by atoms with Gasteiger partial charge in [0.25, 0.3) is 11.7 Å². The Kier molecular flexibility index (Phi) is 6.34. The van der Waals surface area contributed by atoms with Crippen molar-refractivity contribution in [3.05, 3.63) is 64.2 Å². The Hall–Kier alpha value is -3.03. The van der Waals surface area contributed by atoms with Gasteiger partial charge in [-0.1, -0.05) is 17.7 Å². The summed E-state index contributed by atoms with van der Waals surface area (Å²) in [7, 11) is 0. The quantitative estimate of drug-likeness (QED) is 0.368. The van der Waals surface area contributed by atoms with Gasteiger partial charge in [0.2, 0.25) is 0 Å². The number of carbonyl (C=O) groups is 2. The number of aliphatic hydroxyl groups is 2. The van der Waals surface area contributed by atoms with Gasteiger partial charge >= 0.3 is 0 Å². The molecule has 3 N–H and O–H groups in total. The Labute approximate surface area is 178 Å². The zero-order valence-electron chi connectivity index (χ0n) is 16.5. The summed E-state index contributed by atoms with van der Waals surface area (Å²) in [4.78, 5) is 26.8. The van der Waals surface area contributed by atoms with Gasteiger partial charge in [-0.2, -0.15) is 0 Å². The highest BCUT2D eigenvalue weighted by molar-refractivity contribution is 6.46. The minimum atomic E-state index is -0.963. The molecule has 2 aromatic carbocycles. The standard InChI is InChI=1S/C22H22ClNO6/c1-3-30-17-10-14(6-9-16(17)26)19-18(20(27)13-4-7-15(23)8-5-13)21(28)22(29)24(19)11-12(2)25/h4-10,12,19,25-27H,3,11H2,1-2H3/t12-,19-/m1/s1. The van der Waals surface area contributed by atoms with E-state index in [0.717, 1.165) is 0 Å². The zero-order chi connectivity index (χ0) is 22.0. The Morgan fingerprint density at radius 3 is 2.47 bits per heavy atom. The van der Waals surface area contributed by atoms with E-state index in [9.17, 15) is 24.9 Å². The molecular weight excluding hydrogens is 410 g/mol. The highest BCUT2D eigenvalue weighted by Gasteiger charge is 2.46. The van der Waals surface area contributed by atoms with Crippen LogP contribution in [0.4, 0.5) is 0 Å². The van der Waals surface area contributed by atoms with E-state index in [1.165, 1.54) is 24.0 Å². The van der Waals surface area contributed by atoms with Crippen molar-refractivity contribution in [2.75, 3.05) is 13.2 Å². The van der Waals surface area contributed by atoms with Crippen LogP contribution in [0.15, 0.2) is 48.0 Å². The summed E-state index contributed by atoms with van der Waals surface area (Å²) < 4.78 is 5.42. The molecule has 0 radical (unpaired) electrons. The molecule has 2 atom stereocenters. The van der Waals surface area contributed by atoms with Crippen LogP contribution in [0.1, 0.15) is 31.0 Å². The molecule has 1 heterocycles. The largest absolute Gasteiger partial charge is 0.507 e. The molecule has 1 fully saturated rings. The predicted molar refractivity (Wildman–Crippen MR) is 111 cm³/mol. The molecule has 30 heavy (non-hydrogen) atoms. The average Bonchev–Trinajstić information content (AvgIpc) is 2.94. The van der Waals surface area contributed by atoms with E-state index in [-0.39, 0.29) is 29.4 Å². The van der Waals surface area contributed by atoms with Gasteiger partial charge in [0, 0.05) is 17.1 Å². The lowest BCUT2D eigenvalue weighted by atomic mass is 9.95. The van der Waals surface area contributed by atoms with Crippen LogP contribution < -0.4 is 4.74 Å². The molecule has 0 saturated carbocycles. The first-order valence-corrected chi connectivity index (χ1v) is 9.80. The Bertz CT molecular complexity index is 999. The molecule has 8 heteroatoms. The lowest BCUT2D eigenvalue weighted by Gasteiger charge is -2.26. The monoisotopic (exact) mass is 431 g/mol. The summed E-state index contributed by atoms with van der Waals surface area (Å²) in [6.45, 7) is 3.44. The van der Waals surface area contributed by atoms with E-state index >= 15 is 0 Å². The minimum Gasteiger partial charge on any atom is -0.507 e. The smallest absolute Gasteiger partial charge is 0.295 e. The van der Waals surface area contributed by atoms with E-state index < -0.39 is 23.8 Å². The number of nitrogens with zero attached hydrogens (tertiary/aromatic N) is 1. The van der Waals surface area contributed by atoms with Crippen molar-refractivity contribution in [2.24, 2.45) is 0 Å². The first kappa shape index (κ1) is 21.7. The molecule has 0 bridgehead atoms. The number of aromatic hydroxyl groups is 1. The third-order valence-electron chi connectivity index (χ3n) is 4.72. The lowest BCUT2D eigenvalue weighted by Crippen LogP contribution is -2.35. The molecule has 1 saturated heterocycles. The number of rotatable bonds is 6. The fourth-order valence-electron chi connectivity index (χ4n) is 3.43. The van der Waals surface area contributed by atoms with Crippen LogP contribution in [0.2, 0.25) is 5.02 Å². The second-order valence-electron chi connectivity index (χ2n) is 6.97. The number of phenols is 1. The number of likely N-dealkylation sites (tertiary alicyclic amines) is 1.